The van der Waals surface area contributed by atoms with Crippen LogP contribution in [-0.4, -0.2) is 56.9 Å². The van der Waals surface area contributed by atoms with Gasteiger partial charge in [0.2, 0.25) is 0 Å². The van der Waals surface area contributed by atoms with Crippen LogP contribution in [0.15, 0.2) is 79.3 Å². The molecule has 1 unspecified atom stereocenters. The summed E-state index contributed by atoms with van der Waals surface area (Å²) in [6.45, 7) is 2.58. The van der Waals surface area contributed by atoms with Gasteiger partial charge in [0, 0.05) is 45.0 Å². The zero-order chi connectivity index (χ0) is 22.0. The van der Waals surface area contributed by atoms with Gasteiger partial charge in [-0.25, -0.2) is 9.69 Å². The van der Waals surface area contributed by atoms with E-state index in [0.29, 0.717) is 44.7 Å². The number of amides is 3. The van der Waals surface area contributed by atoms with Crippen LogP contribution in [0.1, 0.15) is 17.7 Å². The Bertz CT molecular complexity index is 1090. The highest BCUT2D eigenvalue weighted by Crippen LogP contribution is 2.38. The van der Waals surface area contributed by atoms with Crippen molar-refractivity contribution in [3.8, 4) is 0 Å². The zero-order valence-electron chi connectivity index (χ0n) is 17.8. The second-order valence-corrected chi connectivity index (χ2v) is 8.33. The lowest BCUT2D eigenvalue weighted by atomic mass is 9.86. The minimum atomic E-state index is -0.910. The van der Waals surface area contributed by atoms with Crippen molar-refractivity contribution in [2.24, 2.45) is 0 Å². The maximum Gasteiger partial charge on any atom is 0.332 e. The third-order valence-electron chi connectivity index (χ3n) is 6.38. The monoisotopic (exact) mass is 427 g/mol. The van der Waals surface area contributed by atoms with Crippen molar-refractivity contribution in [1.82, 2.24) is 19.8 Å². The van der Waals surface area contributed by atoms with Crippen molar-refractivity contribution >= 4 is 17.6 Å². The number of urea groups is 1. The van der Waals surface area contributed by atoms with Crippen LogP contribution in [-0.2, 0) is 17.8 Å². The summed E-state index contributed by atoms with van der Waals surface area (Å²) in [4.78, 5) is 41.4. The van der Waals surface area contributed by atoms with Crippen LogP contribution in [0.5, 0.6) is 0 Å². The van der Waals surface area contributed by atoms with Gasteiger partial charge in [0.15, 0.2) is 0 Å². The molecule has 5 rings (SSSR count). The molecule has 3 amide bonds. The van der Waals surface area contributed by atoms with E-state index in [2.05, 4.69) is 14.9 Å². The van der Waals surface area contributed by atoms with Crippen molar-refractivity contribution in [2.45, 2.75) is 24.9 Å². The molecule has 0 radical (unpaired) electrons. The lowest BCUT2D eigenvalue weighted by Gasteiger charge is -2.33. The third kappa shape index (κ3) is 3.65. The first kappa shape index (κ1) is 20.3. The van der Waals surface area contributed by atoms with Crippen molar-refractivity contribution < 1.29 is 9.59 Å². The molecule has 2 aliphatic rings. The van der Waals surface area contributed by atoms with E-state index in [1.165, 1.54) is 4.90 Å². The molecule has 3 aromatic rings. The summed E-state index contributed by atoms with van der Waals surface area (Å²) in [5.41, 5.74) is 1.65. The smallest absolute Gasteiger partial charge is 0.308 e. The minimum Gasteiger partial charge on any atom is -0.308 e. The zero-order valence-corrected chi connectivity index (χ0v) is 17.8. The Morgan fingerprint density at radius 2 is 1.72 bits per heavy atom. The average Bonchev–Trinajstić information content (AvgIpc) is 2.93. The number of aromatic nitrogens is 2. The van der Waals surface area contributed by atoms with Gasteiger partial charge >= 0.3 is 6.03 Å². The molecule has 1 atom stereocenters. The van der Waals surface area contributed by atoms with E-state index >= 15 is 0 Å². The van der Waals surface area contributed by atoms with Crippen LogP contribution in [0, 0.1) is 0 Å². The Kier molecular flexibility index (Phi) is 5.41. The van der Waals surface area contributed by atoms with Gasteiger partial charge in [-0.05, 0) is 36.2 Å². The summed E-state index contributed by atoms with van der Waals surface area (Å²) >= 11 is 0. The molecule has 2 fully saturated rings. The lowest BCUT2D eigenvalue weighted by molar-refractivity contribution is -0.125. The van der Waals surface area contributed by atoms with Gasteiger partial charge < -0.3 is 4.90 Å². The largest absolute Gasteiger partial charge is 0.332 e. The molecular formula is C25H25N5O2. The second-order valence-electron chi connectivity index (χ2n) is 8.33. The molecule has 0 saturated carbocycles. The minimum absolute atomic E-state index is 0.168. The van der Waals surface area contributed by atoms with Gasteiger partial charge in [0.1, 0.15) is 5.54 Å². The van der Waals surface area contributed by atoms with E-state index in [1.807, 2.05) is 48.5 Å². The topological polar surface area (TPSA) is 69.6 Å². The molecule has 4 heterocycles. The van der Waals surface area contributed by atoms with Gasteiger partial charge in [-0.1, -0.05) is 36.4 Å². The first-order valence-electron chi connectivity index (χ1n) is 10.9. The summed E-state index contributed by atoms with van der Waals surface area (Å²) in [5.74, 6) is -0.168. The summed E-state index contributed by atoms with van der Waals surface area (Å²) in [6.07, 6.45) is 6.07. The first-order chi connectivity index (χ1) is 15.7. The van der Waals surface area contributed by atoms with Gasteiger partial charge in [-0.15, -0.1) is 0 Å². The Balaban J connectivity index is 1.48. The normalized spacial score (nSPS) is 21.5. The summed E-state index contributed by atoms with van der Waals surface area (Å²) in [5, 5.41) is 0. The number of benzene rings is 1. The SMILES string of the molecule is O=C1N(c2cccnc2)C(=O)C2(Cc3ccccc3)CCN(Cc3ccccn3)CCN12. The molecule has 2 saturated heterocycles. The molecule has 0 N–H and O–H groups in total. The predicted octanol–water partition coefficient (Wildman–Crippen LogP) is 3.13. The number of hydrogen-bond acceptors (Lipinski definition) is 5. The fourth-order valence-corrected chi connectivity index (χ4v) is 4.75. The fourth-order valence-electron chi connectivity index (χ4n) is 4.75. The van der Waals surface area contributed by atoms with Crippen LogP contribution >= 0.6 is 0 Å². The Morgan fingerprint density at radius 1 is 0.875 bits per heavy atom. The van der Waals surface area contributed by atoms with Crippen molar-refractivity contribution in [3.05, 3.63) is 90.5 Å². The molecule has 32 heavy (non-hydrogen) atoms. The number of hydrogen-bond donors (Lipinski definition) is 0. The van der Waals surface area contributed by atoms with E-state index in [9.17, 15) is 9.59 Å². The Hall–Kier alpha value is -3.58. The van der Waals surface area contributed by atoms with Crippen molar-refractivity contribution in [3.63, 3.8) is 0 Å². The van der Waals surface area contributed by atoms with Crippen LogP contribution in [0.2, 0.25) is 0 Å². The third-order valence-corrected chi connectivity index (χ3v) is 6.38. The number of fused-ring (bicyclic) bond motifs is 1. The van der Waals surface area contributed by atoms with E-state index in [0.717, 1.165) is 11.3 Å². The average molecular weight is 428 g/mol. The molecule has 2 aliphatic heterocycles. The molecule has 162 valence electrons. The fraction of sp³-hybridized carbons (Fsp3) is 0.280. The molecule has 0 aliphatic carbocycles. The molecule has 2 aromatic heterocycles. The van der Waals surface area contributed by atoms with Gasteiger partial charge in [-0.2, -0.15) is 0 Å². The Morgan fingerprint density at radius 3 is 2.47 bits per heavy atom. The Labute approximate surface area is 187 Å². The highest BCUT2D eigenvalue weighted by atomic mass is 16.2. The van der Waals surface area contributed by atoms with Crippen molar-refractivity contribution in [2.75, 3.05) is 24.5 Å². The van der Waals surface area contributed by atoms with Crippen molar-refractivity contribution in [1.29, 1.82) is 0 Å². The maximum atomic E-state index is 13.9. The molecule has 1 aromatic carbocycles. The molecular weight excluding hydrogens is 402 g/mol. The summed E-state index contributed by atoms with van der Waals surface area (Å²) < 4.78 is 0. The lowest BCUT2D eigenvalue weighted by Crippen LogP contribution is -2.51. The number of pyridine rings is 2. The highest BCUT2D eigenvalue weighted by molar-refractivity contribution is 6.23. The molecule has 0 spiro atoms. The number of rotatable bonds is 5. The van der Waals surface area contributed by atoms with E-state index < -0.39 is 5.54 Å². The number of imide groups is 1. The molecule has 7 nitrogen and oxygen atoms in total. The quantitative estimate of drug-likeness (QED) is 0.585. The van der Waals surface area contributed by atoms with Gasteiger partial charge in [-0.3, -0.25) is 19.7 Å². The molecule has 7 heteroatoms. The predicted molar refractivity (Wildman–Crippen MR) is 121 cm³/mol. The van der Waals surface area contributed by atoms with E-state index in [-0.39, 0.29) is 11.9 Å². The van der Waals surface area contributed by atoms with Gasteiger partial charge in [0.25, 0.3) is 5.91 Å². The number of carbonyl (C=O) groups excluding carboxylic acids is 2. The second kappa shape index (κ2) is 8.51. The van der Waals surface area contributed by atoms with Crippen LogP contribution in [0.3, 0.4) is 0 Å². The first-order valence-corrected chi connectivity index (χ1v) is 10.9. The summed E-state index contributed by atoms with van der Waals surface area (Å²) in [6, 6.07) is 19.1. The number of anilines is 1. The van der Waals surface area contributed by atoms with Crippen LogP contribution in [0.4, 0.5) is 10.5 Å². The van der Waals surface area contributed by atoms with Gasteiger partial charge in [0.05, 0.1) is 17.6 Å². The maximum absolute atomic E-state index is 13.9. The standard InChI is InChI=1S/C25H25N5O2/c31-23-25(17-20-7-2-1-3-8-20)11-14-28(19-21-9-4-5-13-27-21)15-16-29(25)24(32)30(23)22-10-6-12-26-18-22/h1-10,12-13,18H,11,14-17,19H2. The number of nitrogens with zero attached hydrogens (tertiary/aromatic N) is 5. The van der Waals surface area contributed by atoms with E-state index in [1.54, 1.807) is 35.6 Å². The highest BCUT2D eigenvalue weighted by Gasteiger charge is 2.58. The van der Waals surface area contributed by atoms with Crippen LogP contribution < -0.4 is 4.90 Å². The number of carbonyl (C=O) groups is 2. The van der Waals surface area contributed by atoms with E-state index in [4.69, 9.17) is 0 Å². The van der Waals surface area contributed by atoms with Crippen LogP contribution in [0.25, 0.3) is 0 Å². The summed E-state index contributed by atoms with van der Waals surface area (Å²) in [7, 11) is 0. The molecule has 0 bridgehead atoms.